The lowest BCUT2D eigenvalue weighted by Crippen LogP contribution is -2.37. The van der Waals surface area contributed by atoms with Crippen LogP contribution in [-0.4, -0.2) is 62.9 Å². The highest BCUT2D eigenvalue weighted by Gasteiger charge is 2.29. The lowest BCUT2D eigenvalue weighted by molar-refractivity contribution is 0.0958. The molecule has 5 rings (SSSR count). The normalized spacial score (nSPS) is 17.3. The molecule has 1 fully saturated rings. The third-order valence-electron chi connectivity index (χ3n) is 6.66. The molecule has 0 N–H and O–H groups in total. The largest absolute Gasteiger partial charge is 0.491 e. The van der Waals surface area contributed by atoms with Gasteiger partial charge in [0.25, 0.3) is 5.78 Å². The van der Waals surface area contributed by atoms with Gasteiger partial charge in [0.1, 0.15) is 24.5 Å². The number of benzene rings is 1. The van der Waals surface area contributed by atoms with Crippen molar-refractivity contribution < 1.29 is 14.3 Å². The van der Waals surface area contributed by atoms with Crippen molar-refractivity contribution in [3.8, 4) is 11.8 Å². The molecule has 2 aliphatic rings. The van der Waals surface area contributed by atoms with Crippen LogP contribution in [0.1, 0.15) is 43.2 Å². The van der Waals surface area contributed by atoms with E-state index in [1.807, 2.05) is 18.2 Å². The van der Waals surface area contributed by atoms with E-state index in [1.54, 1.807) is 15.6 Å². The van der Waals surface area contributed by atoms with Gasteiger partial charge in [0.2, 0.25) is 0 Å². The summed E-state index contributed by atoms with van der Waals surface area (Å²) in [5.41, 5.74) is 2.26. The Labute approximate surface area is 204 Å². The third-order valence-corrected chi connectivity index (χ3v) is 6.66. The predicted octanol–water partition coefficient (Wildman–Crippen LogP) is 3.36. The number of nitriles is 1. The van der Waals surface area contributed by atoms with Crippen LogP contribution in [0.2, 0.25) is 0 Å². The molecule has 0 radical (unpaired) electrons. The summed E-state index contributed by atoms with van der Waals surface area (Å²) in [6.07, 6.45) is 7.78. The monoisotopic (exact) mass is 475 g/mol. The van der Waals surface area contributed by atoms with E-state index in [-0.39, 0.29) is 12.1 Å². The molecular formula is C25H29N7O3. The third kappa shape index (κ3) is 4.99. The molecule has 1 aromatic carbocycles. The number of carbonyl (C=O) groups excluding carboxylic acids is 1. The van der Waals surface area contributed by atoms with Gasteiger partial charge in [-0.25, -0.2) is 9.78 Å². The zero-order valence-electron chi connectivity index (χ0n) is 19.7. The molecule has 0 aliphatic carbocycles. The number of carbonyl (C=O) groups is 1. The van der Waals surface area contributed by atoms with Gasteiger partial charge in [0.05, 0.1) is 25.3 Å². The number of hydrogen-bond acceptors (Lipinski definition) is 8. The van der Waals surface area contributed by atoms with E-state index in [0.29, 0.717) is 44.9 Å². The van der Waals surface area contributed by atoms with Crippen molar-refractivity contribution in [1.82, 2.24) is 24.5 Å². The van der Waals surface area contributed by atoms with Gasteiger partial charge in [0.15, 0.2) is 0 Å². The Bertz CT molecular complexity index is 1220. The van der Waals surface area contributed by atoms with Crippen molar-refractivity contribution in [2.45, 2.75) is 51.1 Å². The molecular weight excluding hydrogens is 446 g/mol. The van der Waals surface area contributed by atoms with Crippen molar-refractivity contribution in [3.63, 3.8) is 0 Å². The van der Waals surface area contributed by atoms with E-state index >= 15 is 0 Å². The molecule has 3 aromatic rings. The van der Waals surface area contributed by atoms with Gasteiger partial charge in [-0.1, -0.05) is 12.1 Å². The summed E-state index contributed by atoms with van der Waals surface area (Å²) < 4.78 is 13.6. The molecule has 1 amide bonds. The molecule has 0 saturated carbocycles. The number of unbranched alkanes of at least 4 members (excludes halogenated alkanes) is 2. The summed E-state index contributed by atoms with van der Waals surface area (Å²) in [6.45, 7) is 2.90. The summed E-state index contributed by atoms with van der Waals surface area (Å²) in [5, 5.41) is 13.0. The van der Waals surface area contributed by atoms with Crippen LogP contribution >= 0.6 is 0 Å². The second-order valence-electron chi connectivity index (χ2n) is 8.87. The second kappa shape index (κ2) is 10.6. The van der Waals surface area contributed by atoms with Crippen molar-refractivity contribution in [2.75, 3.05) is 31.2 Å². The highest BCUT2D eigenvalue weighted by Crippen LogP contribution is 2.31. The quantitative estimate of drug-likeness (QED) is 0.456. The molecule has 2 aliphatic heterocycles. The van der Waals surface area contributed by atoms with E-state index in [1.165, 1.54) is 11.9 Å². The SMILES string of the molecule is N#CCCCCOC(=O)N1CCc2cccc(OCC3CCCN3c3ccnc4ncnn34)c2C1. The minimum Gasteiger partial charge on any atom is -0.491 e. The number of fused-ring (bicyclic) bond motifs is 2. The first-order chi connectivity index (χ1) is 17.2. The minimum absolute atomic E-state index is 0.207. The number of hydrogen-bond donors (Lipinski definition) is 0. The zero-order valence-corrected chi connectivity index (χ0v) is 19.7. The van der Waals surface area contributed by atoms with Gasteiger partial charge in [-0.15, -0.1) is 0 Å². The van der Waals surface area contributed by atoms with Crippen LogP contribution in [0, 0.1) is 11.3 Å². The topological polar surface area (TPSA) is 109 Å². The Morgan fingerprint density at radius 2 is 2.14 bits per heavy atom. The molecule has 1 atom stereocenters. The molecule has 1 saturated heterocycles. The predicted molar refractivity (Wildman–Crippen MR) is 128 cm³/mol. The Kier molecular flexibility index (Phi) is 6.93. The summed E-state index contributed by atoms with van der Waals surface area (Å²) in [5.74, 6) is 2.38. The molecule has 2 aromatic heterocycles. The maximum absolute atomic E-state index is 12.6. The molecule has 0 spiro atoms. The molecule has 10 heteroatoms. The van der Waals surface area contributed by atoms with Crippen LogP contribution in [0.5, 0.6) is 5.75 Å². The Morgan fingerprint density at radius 1 is 1.20 bits per heavy atom. The Morgan fingerprint density at radius 3 is 3.06 bits per heavy atom. The first-order valence-electron chi connectivity index (χ1n) is 12.2. The standard InChI is InChI=1S/C25H29N7O3/c26-11-2-1-3-15-34-25(33)30-14-10-19-6-4-8-22(21(19)16-30)35-17-20-7-5-13-31(20)23-9-12-27-24-28-18-29-32(23)24/h4,6,8-9,12,18,20H,1-3,5,7,10,13-17H2. The van der Waals surface area contributed by atoms with Crippen molar-refractivity contribution in [3.05, 3.63) is 47.9 Å². The van der Waals surface area contributed by atoms with Gasteiger partial charge in [-0.2, -0.15) is 19.9 Å². The van der Waals surface area contributed by atoms with Crippen molar-refractivity contribution in [2.24, 2.45) is 0 Å². The van der Waals surface area contributed by atoms with Crippen LogP contribution in [0.15, 0.2) is 36.8 Å². The van der Waals surface area contributed by atoms with E-state index in [4.69, 9.17) is 14.7 Å². The number of aromatic nitrogens is 4. The molecule has 10 nitrogen and oxygen atoms in total. The van der Waals surface area contributed by atoms with Gasteiger partial charge < -0.3 is 19.3 Å². The maximum Gasteiger partial charge on any atom is 0.410 e. The summed E-state index contributed by atoms with van der Waals surface area (Å²) in [6, 6.07) is 10.4. The number of amides is 1. The molecule has 1 unspecified atom stereocenters. The van der Waals surface area contributed by atoms with Gasteiger partial charge in [0, 0.05) is 31.3 Å². The average Bonchev–Trinajstić information content (AvgIpc) is 3.56. The molecule has 182 valence electrons. The first kappa shape index (κ1) is 22.9. The van der Waals surface area contributed by atoms with E-state index in [2.05, 4.69) is 32.1 Å². The summed E-state index contributed by atoms with van der Waals surface area (Å²) in [7, 11) is 0. The van der Waals surface area contributed by atoms with E-state index in [0.717, 1.165) is 49.4 Å². The summed E-state index contributed by atoms with van der Waals surface area (Å²) >= 11 is 0. The van der Waals surface area contributed by atoms with Crippen molar-refractivity contribution >= 4 is 17.7 Å². The van der Waals surface area contributed by atoms with Gasteiger partial charge in [-0.3, -0.25) is 0 Å². The highest BCUT2D eigenvalue weighted by atomic mass is 16.6. The van der Waals surface area contributed by atoms with Crippen LogP contribution in [0.3, 0.4) is 0 Å². The lowest BCUT2D eigenvalue weighted by Gasteiger charge is -2.30. The maximum atomic E-state index is 12.6. The Balaban J connectivity index is 1.23. The lowest BCUT2D eigenvalue weighted by atomic mass is 9.99. The van der Waals surface area contributed by atoms with E-state index < -0.39 is 0 Å². The Hall–Kier alpha value is -3.87. The van der Waals surface area contributed by atoms with Crippen LogP contribution < -0.4 is 9.64 Å². The fourth-order valence-electron chi connectivity index (χ4n) is 4.84. The number of ether oxygens (including phenoxy) is 2. The fourth-order valence-corrected chi connectivity index (χ4v) is 4.84. The molecule has 4 heterocycles. The molecule has 0 bridgehead atoms. The van der Waals surface area contributed by atoms with Gasteiger partial charge >= 0.3 is 6.09 Å². The van der Waals surface area contributed by atoms with Crippen LogP contribution in [0.4, 0.5) is 10.6 Å². The zero-order chi connectivity index (χ0) is 24.0. The first-order valence-corrected chi connectivity index (χ1v) is 12.2. The van der Waals surface area contributed by atoms with Crippen LogP contribution in [-0.2, 0) is 17.7 Å². The number of nitrogens with zero attached hydrogens (tertiary/aromatic N) is 7. The minimum atomic E-state index is -0.307. The van der Waals surface area contributed by atoms with E-state index in [9.17, 15) is 4.79 Å². The number of anilines is 1. The average molecular weight is 476 g/mol. The molecule has 35 heavy (non-hydrogen) atoms. The highest BCUT2D eigenvalue weighted by molar-refractivity contribution is 5.68. The smallest absolute Gasteiger partial charge is 0.410 e. The fraction of sp³-hybridized carbons (Fsp3) is 0.480. The van der Waals surface area contributed by atoms with Crippen LogP contribution in [0.25, 0.3) is 5.78 Å². The second-order valence-corrected chi connectivity index (χ2v) is 8.87. The number of rotatable bonds is 8. The summed E-state index contributed by atoms with van der Waals surface area (Å²) in [4.78, 5) is 25.1. The van der Waals surface area contributed by atoms with Crippen molar-refractivity contribution in [1.29, 1.82) is 5.26 Å². The van der Waals surface area contributed by atoms with Gasteiger partial charge in [-0.05, 0) is 49.8 Å².